The van der Waals surface area contributed by atoms with Crippen LogP contribution in [0, 0.1) is 37.3 Å². The minimum absolute atomic E-state index is 0. The van der Waals surface area contributed by atoms with Crippen LogP contribution in [-0.2, 0) is 32.9 Å². The minimum atomic E-state index is -1.37. The van der Waals surface area contributed by atoms with Crippen LogP contribution < -0.4 is 5.19 Å². The van der Waals surface area contributed by atoms with Gasteiger partial charge >= 0.3 is 0 Å². The Kier molecular flexibility index (Phi) is 12.5. The second-order valence-corrected chi connectivity index (χ2v) is 22.6. The molecule has 1 aliphatic rings. The van der Waals surface area contributed by atoms with Gasteiger partial charge in [0.05, 0.1) is 13.7 Å². The predicted octanol–water partition coefficient (Wildman–Crippen LogP) is 13.1. The van der Waals surface area contributed by atoms with Gasteiger partial charge in [-0.15, -0.1) is 54.1 Å². The zero-order valence-electron chi connectivity index (χ0n) is 33.8. The first-order chi connectivity index (χ1) is 25.8. The van der Waals surface area contributed by atoms with Crippen LogP contribution in [-0.4, -0.2) is 18.0 Å². The molecule has 0 saturated heterocycles. The van der Waals surface area contributed by atoms with Gasteiger partial charge in [-0.25, -0.2) is 0 Å². The van der Waals surface area contributed by atoms with Crippen molar-refractivity contribution in [1.29, 1.82) is 0 Å². The van der Waals surface area contributed by atoms with Crippen LogP contribution in [0.15, 0.2) is 108 Å². The third-order valence-corrected chi connectivity index (χ3v) is 12.9. The molecule has 1 radical (unpaired) electrons. The number of hydrogen-bond acceptors (Lipinski definition) is 3. The van der Waals surface area contributed by atoms with Crippen molar-refractivity contribution in [2.75, 3.05) is 0 Å². The topological polar surface area (TPSA) is 38.9 Å². The Balaban J connectivity index is 0.000000204. The van der Waals surface area contributed by atoms with Gasteiger partial charge in [0.1, 0.15) is 5.58 Å². The molecule has 1 aliphatic carbocycles. The molecule has 55 heavy (non-hydrogen) atoms. The Morgan fingerprint density at radius 3 is 2.24 bits per heavy atom. The average molecular weight is 919 g/mol. The fourth-order valence-corrected chi connectivity index (χ4v) is 9.81. The summed E-state index contributed by atoms with van der Waals surface area (Å²) in [6.07, 6.45) is 11.7. The smallest absolute Gasteiger partial charge is 0.121 e. The van der Waals surface area contributed by atoms with E-state index in [1.165, 1.54) is 64.3 Å². The van der Waals surface area contributed by atoms with E-state index < -0.39 is 8.07 Å². The number of benzene rings is 4. The number of rotatable bonds is 7. The van der Waals surface area contributed by atoms with Crippen molar-refractivity contribution in [1.82, 2.24) is 9.97 Å². The molecule has 1 saturated carbocycles. The quantitative estimate of drug-likeness (QED) is 0.118. The van der Waals surface area contributed by atoms with Gasteiger partial charge in [0.25, 0.3) is 0 Å². The van der Waals surface area contributed by atoms with Gasteiger partial charge in [0, 0.05) is 37.9 Å². The zero-order chi connectivity index (χ0) is 38.0. The van der Waals surface area contributed by atoms with Gasteiger partial charge in [-0.1, -0.05) is 131 Å². The Morgan fingerprint density at radius 1 is 0.782 bits per heavy atom. The van der Waals surface area contributed by atoms with E-state index in [0.29, 0.717) is 0 Å². The molecule has 0 amide bonds. The minimum Gasteiger partial charge on any atom is -0.501 e. The zero-order valence-corrected chi connectivity index (χ0v) is 37.2. The summed E-state index contributed by atoms with van der Waals surface area (Å²) in [5, 5.41) is 3.74. The van der Waals surface area contributed by atoms with Gasteiger partial charge < -0.3 is 14.4 Å². The van der Waals surface area contributed by atoms with Crippen LogP contribution in [0.25, 0.3) is 55.6 Å². The van der Waals surface area contributed by atoms with Crippen molar-refractivity contribution < 1.29 is 24.5 Å². The van der Waals surface area contributed by atoms with Crippen LogP contribution in [0.2, 0.25) is 19.6 Å². The molecule has 285 valence electrons. The molecule has 8 rings (SSSR count). The van der Waals surface area contributed by atoms with Crippen LogP contribution in [0.1, 0.15) is 68.7 Å². The summed E-state index contributed by atoms with van der Waals surface area (Å²) in [4.78, 5) is 9.41. The maximum absolute atomic E-state index is 6.48. The Bertz CT molecular complexity index is 2370. The van der Waals surface area contributed by atoms with Crippen LogP contribution in [0.5, 0.6) is 0 Å². The molecule has 0 N–H and O–H groups in total. The fraction of sp³-hybridized carbons (Fsp3) is 0.320. The van der Waals surface area contributed by atoms with E-state index in [9.17, 15) is 0 Å². The summed E-state index contributed by atoms with van der Waals surface area (Å²) < 4.78 is 6.48. The molecular weight excluding hydrogens is 865 g/mol. The van der Waals surface area contributed by atoms with E-state index in [1.807, 2.05) is 30.5 Å². The number of furan rings is 1. The summed E-state index contributed by atoms with van der Waals surface area (Å²) in [7, 11) is -1.37. The number of aromatic nitrogens is 2. The summed E-state index contributed by atoms with van der Waals surface area (Å²) in [5.41, 5.74) is 14.0. The van der Waals surface area contributed by atoms with Crippen molar-refractivity contribution in [2.24, 2.45) is 11.3 Å². The molecule has 7 aromatic rings. The normalized spacial score (nSPS) is 13.5. The van der Waals surface area contributed by atoms with Gasteiger partial charge in [-0.05, 0) is 89.0 Å². The fourth-order valence-electron chi connectivity index (χ4n) is 8.23. The average Bonchev–Trinajstić information content (AvgIpc) is 3.79. The van der Waals surface area contributed by atoms with E-state index in [0.717, 1.165) is 63.2 Å². The number of aryl methyl sites for hydroxylation is 2. The van der Waals surface area contributed by atoms with Crippen molar-refractivity contribution in [2.45, 2.75) is 92.8 Å². The summed E-state index contributed by atoms with van der Waals surface area (Å²) in [6, 6.07) is 38.6. The predicted molar refractivity (Wildman–Crippen MR) is 231 cm³/mol. The maximum Gasteiger partial charge on any atom is 0.121 e. The van der Waals surface area contributed by atoms with Crippen molar-refractivity contribution in [3.63, 3.8) is 0 Å². The molecule has 0 unspecified atom stereocenters. The van der Waals surface area contributed by atoms with E-state index >= 15 is 0 Å². The Morgan fingerprint density at radius 2 is 1.55 bits per heavy atom. The summed E-state index contributed by atoms with van der Waals surface area (Å²) >= 11 is 0. The largest absolute Gasteiger partial charge is 0.501 e. The first-order valence-corrected chi connectivity index (χ1v) is 23.2. The molecule has 0 spiro atoms. The second kappa shape index (κ2) is 16.9. The molecular formula is C50H54IrN2OSi-2. The number of fused-ring (bicyclic) bond motifs is 3. The monoisotopic (exact) mass is 919 g/mol. The summed E-state index contributed by atoms with van der Waals surface area (Å²) in [5.74, 6) is 0.814. The van der Waals surface area contributed by atoms with Gasteiger partial charge in [0.2, 0.25) is 0 Å². The Labute approximate surface area is 343 Å². The molecule has 5 heteroatoms. The number of pyridine rings is 2. The van der Waals surface area contributed by atoms with Crippen molar-refractivity contribution >= 4 is 35.2 Å². The van der Waals surface area contributed by atoms with Crippen LogP contribution in [0.4, 0.5) is 0 Å². The van der Waals surface area contributed by atoms with Gasteiger partial charge in [-0.2, -0.15) is 0 Å². The molecule has 1 fully saturated rings. The van der Waals surface area contributed by atoms with E-state index in [1.54, 1.807) is 0 Å². The van der Waals surface area contributed by atoms with Gasteiger partial charge in [0.15, 0.2) is 0 Å². The van der Waals surface area contributed by atoms with E-state index in [4.69, 9.17) is 14.4 Å². The van der Waals surface area contributed by atoms with Crippen molar-refractivity contribution in [3.8, 4) is 33.6 Å². The molecule has 3 aromatic heterocycles. The molecule has 3 heterocycles. The number of hydrogen-bond donors (Lipinski definition) is 0. The van der Waals surface area contributed by atoms with Gasteiger partial charge in [-0.3, -0.25) is 0 Å². The molecule has 4 aromatic carbocycles. The van der Waals surface area contributed by atoms with Crippen LogP contribution in [0.3, 0.4) is 0 Å². The molecule has 0 atom stereocenters. The van der Waals surface area contributed by atoms with E-state index in [-0.39, 0.29) is 25.5 Å². The Hall–Kier alpha value is -4.15. The first kappa shape index (κ1) is 40.5. The third-order valence-electron chi connectivity index (χ3n) is 10.8. The molecule has 0 aliphatic heterocycles. The van der Waals surface area contributed by atoms with Crippen molar-refractivity contribution in [3.05, 3.63) is 138 Å². The third kappa shape index (κ3) is 9.46. The maximum atomic E-state index is 6.48. The summed E-state index contributed by atoms with van der Waals surface area (Å²) in [6.45, 7) is 18.4. The molecule has 0 bridgehead atoms. The molecule has 3 nitrogen and oxygen atoms in total. The SMILES string of the molecule is CC(C)(C)Cc1cc(-c2[c-]cccc2)ncc1[Si](C)(C)C.Cc1cccc(C)c1-c1ccc2c(c1)oc1c(-c3cc(CC4CCCC4)ccn3)[c-]ccc12.[Ir]. The van der Waals surface area contributed by atoms with Crippen LogP contribution >= 0.6 is 0 Å². The van der Waals surface area contributed by atoms with E-state index in [2.05, 4.69) is 139 Å². The number of nitrogens with zero attached hydrogens (tertiary/aromatic N) is 2. The second-order valence-electron chi connectivity index (χ2n) is 17.6. The standard InChI is InChI=1S/C31H28NO.C19H26NSi.Ir/c1-20-7-5-8-21(2)30(20)24-13-14-25-26-11-6-12-27(31(26)33-29(25)19-24)28-18-23(15-16-32-28)17-22-9-3-4-10-22;1-19(2,3)13-16-12-17(15-10-8-7-9-11-15)20-14-18(16)21(4,5)6;/h5-8,11,13-16,18-19,22H,3-4,9-10,17H2,1-2H3;7-10,12,14H,13H2,1-6H3;/q2*-1;. The first-order valence-electron chi connectivity index (χ1n) is 19.7.